The van der Waals surface area contributed by atoms with Gasteiger partial charge in [0.25, 0.3) is 0 Å². The van der Waals surface area contributed by atoms with Crippen molar-refractivity contribution in [3.63, 3.8) is 0 Å². The van der Waals surface area contributed by atoms with Gasteiger partial charge in [-0.15, -0.1) is 0 Å². The van der Waals surface area contributed by atoms with Crippen LogP contribution in [0.15, 0.2) is 0 Å². The first-order valence-corrected chi connectivity index (χ1v) is 4.49. The minimum atomic E-state index is -0.0541. The molecular weight excluding hydrogens is 140 g/mol. The molecule has 1 rings (SSSR count). The molecule has 0 bridgehead atoms. The number of hydrogen-bond acceptors (Lipinski definition) is 2. The summed E-state index contributed by atoms with van der Waals surface area (Å²) in [5, 5.41) is 0. The van der Waals surface area contributed by atoms with Crippen molar-refractivity contribution in [1.82, 2.24) is 0 Å². The van der Waals surface area contributed by atoms with E-state index in [0.29, 0.717) is 5.78 Å². The quantitative estimate of drug-likeness (QED) is 0.581. The molecular formula is C9H16O2. The molecule has 0 saturated heterocycles. The second kappa shape index (κ2) is 4.50. The van der Waals surface area contributed by atoms with Gasteiger partial charge in [-0.3, -0.25) is 4.79 Å². The highest BCUT2D eigenvalue weighted by atomic mass is 16.5. The molecule has 0 aromatic rings. The normalized spacial score (nSPS) is 24.5. The van der Waals surface area contributed by atoms with Crippen LogP contribution in [0.3, 0.4) is 0 Å². The first-order chi connectivity index (χ1) is 5.34. The number of hydrogen-bond donors (Lipinski definition) is 0. The van der Waals surface area contributed by atoms with Crippen LogP contribution in [-0.4, -0.2) is 18.5 Å². The summed E-state index contributed by atoms with van der Waals surface area (Å²) in [6.45, 7) is 2.88. The smallest absolute Gasteiger partial charge is 0.161 e. The average molecular weight is 156 g/mol. The molecule has 0 radical (unpaired) electrons. The van der Waals surface area contributed by atoms with Crippen LogP contribution in [0.25, 0.3) is 0 Å². The van der Waals surface area contributed by atoms with E-state index in [0.717, 1.165) is 38.7 Å². The third-order valence-electron chi connectivity index (χ3n) is 2.07. The van der Waals surface area contributed by atoms with Crippen LogP contribution >= 0.6 is 0 Å². The SMILES string of the molecule is CCCCOC1CCCC1=O. The lowest BCUT2D eigenvalue weighted by Gasteiger charge is -2.08. The molecule has 1 saturated carbocycles. The maximum absolute atomic E-state index is 11.0. The Hall–Kier alpha value is -0.370. The fraction of sp³-hybridized carbons (Fsp3) is 0.889. The molecule has 1 unspecified atom stereocenters. The summed E-state index contributed by atoms with van der Waals surface area (Å²) < 4.78 is 5.41. The highest BCUT2D eigenvalue weighted by Gasteiger charge is 2.24. The second-order valence-electron chi connectivity index (χ2n) is 3.07. The van der Waals surface area contributed by atoms with Crippen LogP contribution in [0.2, 0.25) is 0 Å². The zero-order chi connectivity index (χ0) is 8.10. The Morgan fingerprint density at radius 1 is 1.64 bits per heavy atom. The van der Waals surface area contributed by atoms with Gasteiger partial charge in [-0.2, -0.15) is 0 Å². The predicted molar refractivity (Wildman–Crippen MR) is 43.5 cm³/mol. The number of Topliss-reactive ketones (excluding diaryl/α,β-unsaturated/α-hetero) is 1. The van der Waals surface area contributed by atoms with Crippen LogP contribution in [-0.2, 0) is 9.53 Å². The number of unbranched alkanes of at least 4 members (excludes halogenated alkanes) is 1. The largest absolute Gasteiger partial charge is 0.370 e. The molecule has 0 spiro atoms. The van der Waals surface area contributed by atoms with Crippen molar-refractivity contribution >= 4 is 5.78 Å². The van der Waals surface area contributed by atoms with E-state index in [9.17, 15) is 4.79 Å². The maximum Gasteiger partial charge on any atom is 0.161 e. The molecule has 1 atom stereocenters. The van der Waals surface area contributed by atoms with Crippen molar-refractivity contribution in [2.24, 2.45) is 0 Å². The van der Waals surface area contributed by atoms with Gasteiger partial charge in [0, 0.05) is 13.0 Å². The number of rotatable bonds is 4. The van der Waals surface area contributed by atoms with E-state index in [4.69, 9.17) is 4.74 Å². The number of carbonyl (C=O) groups excluding carboxylic acids is 1. The summed E-state index contributed by atoms with van der Waals surface area (Å²) in [5.41, 5.74) is 0. The van der Waals surface area contributed by atoms with Crippen molar-refractivity contribution in [1.29, 1.82) is 0 Å². The van der Waals surface area contributed by atoms with Crippen molar-refractivity contribution in [3.05, 3.63) is 0 Å². The lowest BCUT2D eigenvalue weighted by Crippen LogP contribution is -2.17. The fourth-order valence-corrected chi connectivity index (χ4v) is 1.33. The third-order valence-corrected chi connectivity index (χ3v) is 2.07. The molecule has 2 nitrogen and oxygen atoms in total. The topological polar surface area (TPSA) is 26.3 Å². The summed E-state index contributed by atoms with van der Waals surface area (Å²) in [6.07, 6.45) is 4.86. The van der Waals surface area contributed by atoms with Crippen LogP contribution in [0.1, 0.15) is 39.0 Å². The molecule has 1 aliphatic carbocycles. The van der Waals surface area contributed by atoms with Gasteiger partial charge in [-0.25, -0.2) is 0 Å². The van der Waals surface area contributed by atoms with E-state index in [1.54, 1.807) is 0 Å². The van der Waals surface area contributed by atoms with E-state index in [2.05, 4.69) is 6.92 Å². The van der Waals surface area contributed by atoms with Crippen LogP contribution in [0.5, 0.6) is 0 Å². The first kappa shape index (κ1) is 8.72. The highest BCUT2D eigenvalue weighted by Crippen LogP contribution is 2.17. The molecule has 2 heteroatoms. The van der Waals surface area contributed by atoms with Gasteiger partial charge in [-0.1, -0.05) is 13.3 Å². The Bertz CT molecular complexity index is 132. The van der Waals surface area contributed by atoms with E-state index >= 15 is 0 Å². The Morgan fingerprint density at radius 3 is 3.00 bits per heavy atom. The van der Waals surface area contributed by atoms with Gasteiger partial charge < -0.3 is 4.74 Å². The van der Waals surface area contributed by atoms with Crippen molar-refractivity contribution in [2.45, 2.75) is 45.1 Å². The van der Waals surface area contributed by atoms with Crippen molar-refractivity contribution < 1.29 is 9.53 Å². The molecule has 0 aromatic carbocycles. The molecule has 1 fully saturated rings. The molecule has 0 aliphatic heterocycles. The minimum absolute atomic E-state index is 0.0541. The highest BCUT2D eigenvalue weighted by molar-refractivity contribution is 5.84. The lowest BCUT2D eigenvalue weighted by atomic mass is 10.3. The molecule has 0 aromatic heterocycles. The van der Waals surface area contributed by atoms with Crippen LogP contribution in [0, 0.1) is 0 Å². The predicted octanol–water partition coefficient (Wildman–Crippen LogP) is 1.92. The van der Waals surface area contributed by atoms with Crippen molar-refractivity contribution in [2.75, 3.05) is 6.61 Å². The Labute approximate surface area is 67.9 Å². The lowest BCUT2D eigenvalue weighted by molar-refractivity contribution is -0.127. The maximum atomic E-state index is 11.0. The van der Waals surface area contributed by atoms with E-state index in [1.807, 2.05) is 0 Å². The Kier molecular flexibility index (Phi) is 3.57. The summed E-state index contributed by atoms with van der Waals surface area (Å²) in [6, 6.07) is 0. The molecule has 0 amide bonds. The molecule has 0 N–H and O–H groups in total. The molecule has 64 valence electrons. The molecule has 1 aliphatic rings. The van der Waals surface area contributed by atoms with Gasteiger partial charge in [-0.05, 0) is 19.3 Å². The zero-order valence-electron chi connectivity index (χ0n) is 7.14. The third kappa shape index (κ3) is 2.62. The standard InChI is InChI=1S/C9H16O2/c1-2-3-7-11-9-6-4-5-8(9)10/h9H,2-7H2,1H3. The molecule has 0 heterocycles. The zero-order valence-corrected chi connectivity index (χ0v) is 7.14. The van der Waals surface area contributed by atoms with Crippen LogP contribution < -0.4 is 0 Å². The average Bonchev–Trinajstić information content (AvgIpc) is 2.37. The number of ketones is 1. The fourth-order valence-electron chi connectivity index (χ4n) is 1.33. The van der Waals surface area contributed by atoms with E-state index in [1.165, 1.54) is 0 Å². The van der Waals surface area contributed by atoms with Gasteiger partial charge in [0.15, 0.2) is 5.78 Å². The monoisotopic (exact) mass is 156 g/mol. The number of carbonyl (C=O) groups is 1. The second-order valence-corrected chi connectivity index (χ2v) is 3.07. The Morgan fingerprint density at radius 2 is 2.45 bits per heavy atom. The minimum Gasteiger partial charge on any atom is -0.370 e. The Balaban J connectivity index is 2.10. The van der Waals surface area contributed by atoms with Crippen LogP contribution in [0.4, 0.5) is 0 Å². The van der Waals surface area contributed by atoms with Gasteiger partial charge in [0.1, 0.15) is 6.10 Å². The first-order valence-electron chi connectivity index (χ1n) is 4.49. The van der Waals surface area contributed by atoms with Gasteiger partial charge >= 0.3 is 0 Å². The summed E-state index contributed by atoms with van der Waals surface area (Å²) >= 11 is 0. The summed E-state index contributed by atoms with van der Waals surface area (Å²) in [5.74, 6) is 0.307. The van der Waals surface area contributed by atoms with Gasteiger partial charge in [0.05, 0.1) is 0 Å². The van der Waals surface area contributed by atoms with E-state index < -0.39 is 0 Å². The summed E-state index contributed by atoms with van der Waals surface area (Å²) in [7, 11) is 0. The van der Waals surface area contributed by atoms with Gasteiger partial charge in [0.2, 0.25) is 0 Å². The summed E-state index contributed by atoms with van der Waals surface area (Å²) in [4.78, 5) is 11.0. The van der Waals surface area contributed by atoms with Crippen molar-refractivity contribution in [3.8, 4) is 0 Å². The van der Waals surface area contributed by atoms with E-state index in [-0.39, 0.29) is 6.10 Å². The number of ether oxygens (including phenoxy) is 1. The molecule has 11 heavy (non-hydrogen) atoms.